The summed E-state index contributed by atoms with van der Waals surface area (Å²) in [6, 6.07) is 0. The maximum absolute atomic E-state index is 11.9. The number of hydrogen-bond acceptors (Lipinski definition) is 3. The van der Waals surface area contributed by atoms with Gasteiger partial charge in [-0.3, -0.25) is 0 Å². The molecule has 0 N–H and O–H groups in total. The van der Waals surface area contributed by atoms with Crippen molar-refractivity contribution >= 4 is 21.6 Å². The van der Waals surface area contributed by atoms with Gasteiger partial charge in [0.25, 0.3) is 0 Å². The lowest BCUT2D eigenvalue weighted by molar-refractivity contribution is 0.303. The molecule has 0 amide bonds. The van der Waals surface area contributed by atoms with E-state index in [1.165, 1.54) is 0 Å². The summed E-state index contributed by atoms with van der Waals surface area (Å²) in [7, 11) is -3.02. The number of alkyl halides is 1. The lowest BCUT2D eigenvalue weighted by Gasteiger charge is -2.20. The highest BCUT2D eigenvalue weighted by atomic mass is 35.5. The van der Waals surface area contributed by atoms with Crippen LogP contribution in [0.15, 0.2) is 0 Å². The van der Waals surface area contributed by atoms with Crippen LogP contribution in [-0.2, 0) is 10.0 Å². The fourth-order valence-corrected chi connectivity index (χ4v) is 3.74. The third kappa shape index (κ3) is 4.20. The number of sulfonamides is 1. The van der Waals surface area contributed by atoms with Crippen molar-refractivity contribution in [3.05, 3.63) is 0 Å². The van der Waals surface area contributed by atoms with Gasteiger partial charge in [-0.2, -0.15) is 0 Å². The van der Waals surface area contributed by atoms with Gasteiger partial charge in [0, 0.05) is 32.1 Å². The number of nitrogens with zero attached hydrogens (tertiary/aromatic N) is 2. The van der Waals surface area contributed by atoms with Crippen molar-refractivity contribution < 1.29 is 8.42 Å². The maximum atomic E-state index is 11.9. The van der Waals surface area contributed by atoms with E-state index in [0.717, 1.165) is 26.1 Å². The van der Waals surface area contributed by atoms with Gasteiger partial charge in [-0.1, -0.05) is 6.92 Å². The van der Waals surface area contributed by atoms with E-state index in [4.69, 9.17) is 11.6 Å². The number of hydrogen-bond donors (Lipinski definition) is 0. The molecule has 0 saturated carbocycles. The van der Waals surface area contributed by atoms with Crippen molar-refractivity contribution in [2.75, 3.05) is 44.4 Å². The first-order chi connectivity index (χ1) is 7.60. The molecule has 1 saturated heterocycles. The average Bonchev–Trinajstić information content (AvgIpc) is 2.44. The molecule has 0 radical (unpaired) electrons. The lowest BCUT2D eigenvalue weighted by atomic mass is 10.4. The Bertz CT molecular complexity index is 295. The second-order valence-corrected chi connectivity index (χ2v) is 6.57. The molecule has 0 atom stereocenters. The van der Waals surface area contributed by atoms with Gasteiger partial charge in [0.05, 0.1) is 5.75 Å². The largest absolute Gasteiger partial charge is 0.301 e. The van der Waals surface area contributed by atoms with E-state index in [1.54, 1.807) is 4.31 Å². The zero-order chi connectivity index (χ0) is 12.0. The summed E-state index contributed by atoms with van der Waals surface area (Å²) in [4.78, 5) is 2.23. The minimum Gasteiger partial charge on any atom is -0.301 e. The molecule has 4 nitrogen and oxygen atoms in total. The van der Waals surface area contributed by atoms with Crippen LogP contribution in [0.25, 0.3) is 0 Å². The molecule has 16 heavy (non-hydrogen) atoms. The van der Waals surface area contributed by atoms with Crippen molar-refractivity contribution in [2.24, 2.45) is 0 Å². The quantitative estimate of drug-likeness (QED) is 0.698. The zero-order valence-corrected chi connectivity index (χ0v) is 11.4. The zero-order valence-electron chi connectivity index (χ0n) is 9.86. The number of halogens is 1. The van der Waals surface area contributed by atoms with E-state index in [-0.39, 0.29) is 5.75 Å². The molecule has 96 valence electrons. The first-order valence-electron chi connectivity index (χ1n) is 5.86. The van der Waals surface area contributed by atoms with E-state index in [2.05, 4.69) is 4.90 Å². The monoisotopic (exact) mass is 268 g/mol. The number of rotatable bonds is 5. The first kappa shape index (κ1) is 14.2. The second-order valence-electron chi connectivity index (χ2n) is 4.10. The standard InChI is InChI=1S/C10H21ClN2O2S/c1-2-10-16(14,15)13-6-3-5-12(7-4-11)8-9-13/h2-10H2,1H3. The predicted molar refractivity (Wildman–Crippen MR) is 67.4 cm³/mol. The minimum atomic E-state index is -3.02. The molecular weight excluding hydrogens is 248 g/mol. The summed E-state index contributed by atoms with van der Waals surface area (Å²) in [5.74, 6) is 0.879. The molecule has 1 aliphatic heterocycles. The molecule has 1 aliphatic rings. The maximum Gasteiger partial charge on any atom is 0.214 e. The molecule has 0 aliphatic carbocycles. The van der Waals surface area contributed by atoms with Crippen molar-refractivity contribution in [1.82, 2.24) is 9.21 Å². The molecule has 0 aromatic carbocycles. The van der Waals surface area contributed by atoms with Crippen LogP contribution in [0.1, 0.15) is 19.8 Å². The summed E-state index contributed by atoms with van der Waals surface area (Å²) in [6.07, 6.45) is 1.59. The van der Waals surface area contributed by atoms with Crippen LogP contribution < -0.4 is 0 Å². The van der Waals surface area contributed by atoms with Crippen LogP contribution >= 0.6 is 11.6 Å². The van der Waals surface area contributed by atoms with E-state index in [9.17, 15) is 8.42 Å². The Kier molecular flexibility index (Phi) is 6.03. The van der Waals surface area contributed by atoms with Crippen molar-refractivity contribution in [3.63, 3.8) is 0 Å². The Morgan fingerprint density at radius 3 is 2.56 bits per heavy atom. The van der Waals surface area contributed by atoms with Crippen LogP contribution in [0.4, 0.5) is 0 Å². The minimum absolute atomic E-state index is 0.266. The van der Waals surface area contributed by atoms with Gasteiger partial charge in [0.2, 0.25) is 10.0 Å². The summed E-state index contributed by atoms with van der Waals surface area (Å²) in [5, 5.41) is 0. The van der Waals surface area contributed by atoms with Crippen LogP contribution in [0.3, 0.4) is 0 Å². The summed E-state index contributed by atoms with van der Waals surface area (Å²) < 4.78 is 25.4. The van der Waals surface area contributed by atoms with Gasteiger partial charge in [-0.15, -0.1) is 11.6 Å². The smallest absolute Gasteiger partial charge is 0.214 e. The fourth-order valence-electron chi connectivity index (χ4n) is 1.96. The van der Waals surface area contributed by atoms with E-state index >= 15 is 0 Å². The normalized spacial score (nSPS) is 20.9. The molecule has 0 bridgehead atoms. The molecule has 1 heterocycles. The lowest BCUT2D eigenvalue weighted by Crippen LogP contribution is -2.36. The predicted octanol–water partition coefficient (Wildman–Crippen LogP) is 0.973. The Balaban J connectivity index is 2.53. The molecule has 1 fully saturated rings. The van der Waals surface area contributed by atoms with E-state index < -0.39 is 10.0 Å². The van der Waals surface area contributed by atoms with Gasteiger partial charge >= 0.3 is 0 Å². The van der Waals surface area contributed by atoms with Gasteiger partial charge < -0.3 is 4.90 Å². The summed E-state index contributed by atoms with van der Waals surface area (Å²) >= 11 is 5.69. The molecule has 0 aromatic rings. The summed E-state index contributed by atoms with van der Waals surface area (Å²) in [6.45, 7) is 5.76. The topological polar surface area (TPSA) is 40.6 Å². The highest BCUT2D eigenvalue weighted by Gasteiger charge is 2.23. The van der Waals surface area contributed by atoms with Crippen LogP contribution in [0.5, 0.6) is 0 Å². The molecular formula is C10H21ClN2O2S. The van der Waals surface area contributed by atoms with Crippen molar-refractivity contribution in [2.45, 2.75) is 19.8 Å². The fraction of sp³-hybridized carbons (Fsp3) is 1.00. The highest BCUT2D eigenvalue weighted by molar-refractivity contribution is 7.89. The summed E-state index contributed by atoms with van der Waals surface area (Å²) in [5.41, 5.74) is 0. The van der Waals surface area contributed by atoms with Gasteiger partial charge in [0.15, 0.2) is 0 Å². The Labute approximate surface area is 104 Å². The van der Waals surface area contributed by atoms with Crippen LogP contribution in [0, 0.1) is 0 Å². The molecule has 0 unspecified atom stereocenters. The molecule has 0 spiro atoms. The van der Waals surface area contributed by atoms with E-state index in [1.807, 2.05) is 6.92 Å². The second kappa shape index (κ2) is 6.79. The van der Waals surface area contributed by atoms with E-state index in [0.29, 0.717) is 25.4 Å². The Hall–Kier alpha value is 0.160. The molecule has 0 aromatic heterocycles. The van der Waals surface area contributed by atoms with Crippen LogP contribution in [0.2, 0.25) is 0 Å². The van der Waals surface area contributed by atoms with Crippen molar-refractivity contribution in [1.29, 1.82) is 0 Å². The van der Waals surface area contributed by atoms with Crippen LogP contribution in [-0.4, -0.2) is 62.0 Å². The van der Waals surface area contributed by atoms with Crippen molar-refractivity contribution in [3.8, 4) is 0 Å². The highest BCUT2D eigenvalue weighted by Crippen LogP contribution is 2.09. The Morgan fingerprint density at radius 2 is 1.94 bits per heavy atom. The van der Waals surface area contributed by atoms with Gasteiger partial charge in [-0.25, -0.2) is 12.7 Å². The van der Waals surface area contributed by atoms with Gasteiger partial charge in [-0.05, 0) is 19.4 Å². The Morgan fingerprint density at radius 1 is 1.19 bits per heavy atom. The molecule has 6 heteroatoms. The average molecular weight is 269 g/mol. The van der Waals surface area contributed by atoms with Gasteiger partial charge in [0.1, 0.15) is 0 Å². The SMILES string of the molecule is CCCS(=O)(=O)N1CCCN(CCCl)CC1. The third-order valence-electron chi connectivity index (χ3n) is 2.80. The first-order valence-corrected chi connectivity index (χ1v) is 8.00. The molecule has 1 rings (SSSR count). The third-order valence-corrected chi connectivity index (χ3v) is 5.05.